The average Bonchev–Trinajstić information content (AvgIpc) is 1.79. The van der Waals surface area contributed by atoms with Crippen LogP contribution in [0.15, 0.2) is 0 Å². The van der Waals surface area contributed by atoms with Crippen molar-refractivity contribution in [3.05, 3.63) is 0 Å². The lowest BCUT2D eigenvalue weighted by atomic mass is 10.1. The van der Waals surface area contributed by atoms with Crippen LogP contribution in [0.3, 0.4) is 0 Å². The summed E-state index contributed by atoms with van der Waals surface area (Å²) >= 11 is 0. The van der Waals surface area contributed by atoms with Gasteiger partial charge in [-0.1, -0.05) is 6.92 Å². The van der Waals surface area contributed by atoms with E-state index in [1.54, 1.807) is 0 Å². The molecule has 0 radical (unpaired) electrons. The molecule has 0 amide bonds. The standard InChI is InChI=1S/C7H15N/c1-3-5-8-6-4-7(8)2/h7H,3-6H2,1-2H3/t7-/m1/s1. The zero-order valence-electron chi connectivity index (χ0n) is 5.85. The van der Waals surface area contributed by atoms with Crippen molar-refractivity contribution in [2.75, 3.05) is 13.1 Å². The topological polar surface area (TPSA) is 3.24 Å². The number of hydrogen-bond donors (Lipinski definition) is 0. The van der Waals surface area contributed by atoms with Gasteiger partial charge in [-0.3, -0.25) is 0 Å². The highest BCUT2D eigenvalue weighted by Crippen LogP contribution is 2.15. The summed E-state index contributed by atoms with van der Waals surface area (Å²) in [6, 6.07) is 0.884. The number of nitrogens with zero attached hydrogens (tertiary/aromatic N) is 1. The van der Waals surface area contributed by atoms with Gasteiger partial charge in [-0.15, -0.1) is 0 Å². The molecule has 1 aliphatic rings. The zero-order chi connectivity index (χ0) is 5.98. The summed E-state index contributed by atoms with van der Waals surface area (Å²) in [4.78, 5) is 2.53. The monoisotopic (exact) mass is 113 g/mol. The third kappa shape index (κ3) is 1.03. The summed E-state index contributed by atoms with van der Waals surface area (Å²) in [6.07, 6.45) is 2.73. The Labute approximate surface area is 51.7 Å². The summed E-state index contributed by atoms with van der Waals surface area (Å²) < 4.78 is 0. The third-order valence-electron chi connectivity index (χ3n) is 1.97. The highest BCUT2D eigenvalue weighted by Gasteiger charge is 2.21. The molecule has 0 aromatic carbocycles. The van der Waals surface area contributed by atoms with Crippen LogP contribution in [0.5, 0.6) is 0 Å². The fourth-order valence-corrected chi connectivity index (χ4v) is 1.19. The fourth-order valence-electron chi connectivity index (χ4n) is 1.19. The molecule has 1 fully saturated rings. The summed E-state index contributed by atoms with van der Waals surface area (Å²) in [5.41, 5.74) is 0. The van der Waals surface area contributed by atoms with Crippen LogP contribution in [0.4, 0.5) is 0 Å². The Bertz CT molecular complexity index is 70.8. The van der Waals surface area contributed by atoms with E-state index in [1.165, 1.54) is 25.9 Å². The SMILES string of the molecule is CCCN1CC[C@H]1C. The molecule has 0 spiro atoms. The molecule has 48 valence electrons. The van der Waals surface area contributed by atoms with Gasteiger partial charge in [-0.05, 0) is 32.9 Å². The van der Waals surface area contributed by atoms with Crippen LogP contribution in [-0.4, -0.2) is 24.0 Å². The molecule has 0 bridgehead atoms. The summed E-state index contributed by atoms with van der Waals surface area (Å²) in [7, 11) is 0. The minimum atomic E-state index is 0.884. The molecule has 1 saturated heterocycles. The Balaban J connectivity index is 2.08. The minimum absolute atomic E-state index is 0.884. The summed E-state index contributed by atoms with van der Waals surface area (Å²) in [5.74, 6) is 0. The smallest absolute Gasteiger partial charge is 0.00791 e. The summed E-state index contributed by atoms with van der Waals surface area (Å²) in [6.45, 7) is 7.19. The van der Waals surface area contributed by atoms with E-state index >= 15 is 0 Å². The van der Waals surface area contributed by atoms with E-state index in [9.17, 15) is 0 Å². The summed E-state index contributed by atoms with van der Waals surface area (Å²) in [5, 5.41) is 0. The third-order valence-corrected chi connectivity index (χ3v) is 1.97. The second-order valence-electron chi connectivity index (χ2n) is 2.67. The molecule has 0 aromatic heterocycles. The molecule has 8 heavy (non-hydrogen) atoms. The average molecular weight is 113 g/mol. The molecule has 1 atom stereocenters. The van der Waals surface area contributed by atoms with Crippen LogP contribution in [0.2, 0.25) is 0 Å². The molecule has 0 unspecified atom stereocenters. The lowest BCUT2D eigenvalue weighted by Crippen LogP contribution is -2.45. The Morgan fingerprint density at radius 3 is 2.50 bits per heavy atom. The van der Waals surface area contributed by atoms with E-state index in [2.05, 4.69) is 18.7 Å². The highest BCUT2D eigenvalue weighted by molar-refractivity contribution is 4.77. The minimum Gasteiger partial charge on any atom is -0.301 e. The number of rotatable bonds is 2. The second kappa shape index (κ2) is 2.49. The molecular formula is C7H15N. The van der Waals surface area contributed by atoms with Gasteiger partial charge in [-0.25, -0.2) is 0 Å². The molecule has 1 aliphatic heterocycles. The first kappa shape index (κ1) is 6.09. The van der Waals surface area contributed by atoms with E-state index < -0.39 is 0 Å². The van der Waals surface area contributed by atoms with Crippen molar-refractivity contribution >= 4 is 0 Å². The number of hydrogen-bond acceptors (Lipinski definition) is 1. The van der Waals surface area contributed by atoms with Gasteiger partial charge >= 0.3 is 0 Å². The van der Waals surface area contributed by atoms with Crippen molar-refractivity contribution in [2.24, 2.45) is 0 Å². The first-order valence-corrected chi connectivity index (χ1v) is 3.58. The van der Waals surface area contributed by atoms with Crippen molar-refractivity contribution in [1.29, 1.82) is 0 Å². The Kier molecular flexibility index (Phi) is 1.90. The predicted octanol–water partition coefficient (Wildman–Crippen LogP) is 1.49. The molecule has 0 aromatic rings. The van der Waals surface area contributed by atoms with Crippen molar-refractivity contribution in [1.82, 2.24) is 4.90 Å². The highest BCUT2D eigenvalue weighted by atomic mass is 15.2. The van der Waals surface area contributed by atoms with Crippen LogP contribution in [-0.2, 0) is 0 Å². The first-order chi connectivity index (χ1) is 3.84. The van der Waals surface area contributed by atoms with E-state index in [0.717, 1.165) is 6.04 Å². The van der Waals surface area contributed by atoms with Gasteiger partial charge in [0, 0.05) is 6.04 Å². The predicted molar refractivity (Wildman–Crippen MR) is 35.9 cm³/mol. The van der Waals surface area contributed by atoms with Gasteiger partial charge in [0.15, 0.2) is 0 Å². The Morgan fingerprint density at radius 2 is 2.38 bits per heavy atom. The van der Waals surface area contributed by atoms with Crippen LogP contribution in [0.25, 0.3) is 0 Å². The largest absolute Gasteiger partial charge is 0.301 e. The van der Waals surface area contributed by atoms with Crippen LogP contribution in [0.1, 0.15) is 26.7 Å². The molecular weight excluding hydrogens is 98.1 g/mol. The molecule has 1 nitrogen and oxygen atoms in total. The van der Waals surface area contributed by atoms with Crippen LogP contribution in [0, 0.1) is 0 Å². The van der Waals surface area contributed by atoms with E-state index in [1.807, 2.05) is 0 Å². The maximum Gasteiger partial charge on any atom is 0.00791 e. The maximum absolute atomic E-state index is 2.53. The molecule has 1 heterocycles. The second-order valence-corrected chi connectivity index (χ2v) is 2.67. The number of likely N-dealkylation sites (tertiary alicyclic amines) is 1. The lowest BCUT2D eigenvalue weighted by molar-refractivity contribution is 0.105. The molecule has 0 N–H and O–H groups in total. The van der Waals surface area contributed by atoms with Crippen molar-refractivity contribution in [3.63, 3.8) is 0 Å². The quantitative estimate of drug-likeness (QED) is 0.524. The lowest BCUT2D eigenvalue weighted by Gasteiger charge is -2.38. The van der Waals surface area contributed by atoms with Gasteiger partial charge in [0.2, 0.25) is 0 Å². The van der Waals surface area contributed by atoms with Gasteiger partial charge in [0.25, 0.3) is 0 Å². The molecule has 0 saturated carbocycles. The van der Waals surface area contributed by atoms with E-state index in [-0.39, 0.29) is 0 Å². The van der Waals surface area contributed by atoms with E-state index in [0.29, 0.717) is 0 Å². The molecule has 1 heteroatoms. The van der Waals surface area contributed by atoms with Gasteiger partial charge in [0.1, 0.15) is 0 Å². The molecule has 1 rings (SSSR count). The zero-order valence-corrected chi connectivity index (χ0v) is 5.85. The molecule has 0 aliphatic carbocycles. The van der Waals surface area contributed by atoms with Crippen molar-refractivity contribution < 1.29 is 0 Å². The van der Waals surface area contributed by atoms with Crippen LogP contribution >= 0.6 is 0 Å². The fraction of sp³-hybridized carbons (Fsp3) is 1.00. The van der Waals surface area contributed by atoms with E-state index in [4.69, 9.17) is 0 Å². The van der Waals surface area contributed by atoms with Gasteiger partial charge in [-0.2, -0.15) is 0 Å². The van der Waals surface area contributed by atoms with Gasteiger partial charge in [0.05, 0.1) is 0 Å². The Hall–Kier alpha value is -0.0400. The maximum atomic E-state index is 2.53. The first-order valence-electron chi connectivity index (χ1n) is 3.58. The normalized spacial score (nSPS) is 30.0. The van der Waals surface area contributed by atoms with Crippen molar-refractivity contribution in [2.45, 2.75) is 32.7 Å². The van der Waals surface area contributed by atoms with Crippen molar-refractivity contribution in [3.8, 4) is 0 Å². The van der Waals surface area contributed by atoms with Gasteiger partial charge < -0.3 is 4.90 Å². The van der Waals surface area contributed by atoms with Crippen LogP contribution < -0.4 is 0 Å². The Morgan fingerprint density at radius 1 is 1.62 bits per heavy atom.